The Balaban J connectivity index is 1.70. The van der Waals surface area contributed by atoms with Crippen molar-refractivity contribution in [2.45, 2.75) is 87.4 Å². The van der Waals surface area contributed by atoms with Crippen molar-refractivity contribution in [1.82, 2.24) is 14.7 Å². The van der Waals surface area contributed by atoms with Gasteiger partial charge in [0.1, 0.15) is 6.04 Å². The van der Waals surface area contributed by atoms with E-state index < -0.39 is 27.4 Å². The first-order chi connectivity index (χ1) is 19.6. The first-order valence-electron chi connectivity index (χ1n) is 15.1. The van der Waals surface area contributed by atoms with E-state index in [4.69, 9.17) is 0 Å². The second-order valence-corrected chi connectivity index (χ2v) is 14.2. The van der Waals surface area contributed by atoms with Gasteiger partial charge in [0.15, 0.2) is 0 Å². The average Bonchev–Trinajstić information content (AvgIpc) is 3.51. The molecule has 0 saturated carbocycles. The topological polar surface area (TPSA) is 81.2 Å². The number of rotatable bonds is 15. The number of unbranched alkanes of at least 4 members (excludes halogenated alkanes) is 3. The molecule has 8 heteroatoms. The molecule has 3 heterocycles. The molecule has 0 radical (unpaired) electrons. The van der Waals surface area contributed by atoms with E-state index in [1.165, 1.54) is 0 Å². The van der Waals surface area contributed by atoms with Gasteiger partial charge in [-0.1, -0.05) is 55.3 Å². The molecule has 3 amide bonds. The summed E-state index contributed by atoms with van der Waals surface area (Å²) in [4.78, 5) is 48.7. The summed E-state index contributed by atoms with van der Waals surface area (Å²) in [6.45, 7) is 15.8. The Morgan fingerprint density at radius 1 is 1.07 bits per heavy atom. The molecule has 3 saturated heterocycles. The van der Waals surface area contributed by atoms with Crippen molar-refractivity contribution in [1.29, 1.82) is 0 Å². The Bertz CT molecular complexity index is 1130. The predicted molar refractivity (Wildman–Crippen MR) is 165 cm³/mol. The summed E-state index contributed by atoms with van der Waals surface area (Å²) in [6.07, 6.45) is 8.27. The van der Waals surface area contributed by atoms with Gasteiger partial charge in [-0.3, -0.25) is 14.4 Å². The van der Waals surface area contributed by atoms with Crippen LogP contribution in [-0.2, 0) is 20.9 Å². The van der Waals surface area contributed by atoms with Crippen LogP contribution >= 0.6 is 11.8 Å². The summed E-state index contributed by atoms with van der Waals surface area (Å²) in [5, 5.41) is 9.19. The molecule has 3 aliphatic rings. The van der Waals surface area contributed by atoms with Gasteiger partial charge in [0.2, 0.25) is 17.7 Å². The highest BCUT2D eigenvalue weighted by Crippen LogP contribution is 2.71. The van der Waals surface area contributed by atoms with E-state index in [1.54, 1.807) is 23.9 Å². The normalized spacial score (nSPS) is 28.2. The Labute approximate surface area is 250 Å². The Kier molecular flexibility index (Phi) is 10.1. The second-order valence-electron chi connectivity index (χ2n) is 12.3. The maximum Gasteiger partial charge on any atom is 0.247 e. The van der Waals surface area contributed by atoms with Crippen molar-refractivity contribution in [2.75, 3.05) is 26.2 Å². The number of carbonyl (C=O) groups is 3. The number of carbonyl (C=O) groups excluding carboxylic acids is 3. The van der Waals surface area contributed by atoms with Gasteiger partial charge >= 0.3 is 0 Å². The summed E-state index contributed by atoms with van der Waals surface area (Å²) in [5.74, 6) is -1.15. The van der Waals surface area contributed by atoms with Crippen LogP contribution in [0.25, 0.3) is 0 Å². The van der Waals surface area contributed by atoms with Gasteiger partial charge in [0.05, 0.1) is 16.6 Å². The highest BCUT2D eigenvalue weighted by molar-refractivity contribution is 8.02. The molecule has 3 aliphatic heterocycles. The van der Waals surface area contributed by atoms with Crippen molar-refractivity contribution in [3.05, 3.63) is 61.2 Å². The van der Waals surface area contributed by atoms with Gasteiger partial charge in [0, 0.05) is 43.6 Å². The van der Waals surface area contributed by atoms with E-state index >= 15 is 0 Å². The minimum Gasteiger partial charge on any atom is -0.396 e. The molecule has 41 heavy (non-hydrogen) atoms. The van der Waals surface area contributed by atoms with Gasteiger partial charge in [-0.2, -0.15) is 0 Å². The first-order valence-corrected chi connectivity index (χ1v) is 15.9. The summed E-state index contributed by atoms with van der Waals surface area (Å²) < 4.78 is -1.05. The van der Waals surface area contributed by atoms with E-state index in [0.717, 1.165) is 44.1 Å². The lowest BCUT2D eigenvalue weighted by molar-refractivity contribution is -0.146. The largest absolute Gasteiger partial charge is 0.396 e. The van der Waals surface area contributed by atoms with Crippen LogP contribution in [0.5, 0.6) is 0 Å². The van der Waals surface area contributed by atoms with Gasteiger partial charge in [-0.05, 0) is 52.0 Å². The molecule has 1 spiro atoms. The average molecular weight is 582 g/mol. The van der Waals surface area contributed by atoms with E-state index in [1.807, 2.05) is 58.9 Å². The van der Waals surface area contributed by atoms with Crippen LogP contribution in [0.3, 0.4) is 0 Å². The van der Waals surface area contributed by atoms with Gasteiger partial charge < -0.3 is 19.8 Å². The lowest BCUT2D eigenvalue weighted by Crippen LogP contribution is -2.56. The number of aliphatic hydroxyl groups excluding tert-OH is 1. The Morgan fingerprint density at radius 3 is 2.39 bits per heavy atom. The van der Waals surface area contributed by atoms with Crippen LogP contribution in [0.4, 0.5) is 0 Å². The highest BCUT2D eigenvalue weighted by Gasteiger charge is 2.77. The minimum absolute atomic E-state index is 0.0218. The fourth-order valence-corrected chi connectivity index (χ4v) is 9.65. The molecule has 0 aromatic heterocycles. The molecule has 224 valence electrons. The molecule has 1 aromatic carbocycles. The van der Waals surface area contributed by atoms with Crippen LogP contribution in [0.2, 0.25) is 0 Å². The highest BCUT2D eigenvalue weighted by atomic mass is 32.2. The van der Waals surface area contributed by atoms with Crippen molar-refractivity contribution in [3.8, 4) is 0 Å². The molecule has 0 aliphatic carbocycles. The molecule has 2 unspecified atom stereocenters. The number of aliphatic hydroxyl groups is 1. The van der Waals surface area contributed by atoms with E-state index in [-0.39, 0.29) is 30.4 Å². The smallest absolute Gasteiger partial charge is 0.247 e. The van der Waals surface area contributed by atoms with Crippen molar-refractivity contribution in [2.24, 2.45) is 11.8 Å². The van der Waals surface area contributed by atoms with E-state index in [9.17, 15) is 19.5 Å². The van der Waals surface area contributed by atoms with Gasteiger partial charge in [-0.25, -0.2) is 0 Å². The second kappa shape index (κ2) is 13.2. The summed E-state index contributed by atoms with van der Waals surface area (Å²) >= 11 is 1.73. The van der Waals surface area contributed by atoms with Crippen LogP contribution in [0.1, 0.15) is 64.9 Å². The predicted octanol–water partition coefficient (Wildman–Crippen LogP) is 4.66. The Hall–Kier alpha value is -2.58. The minimum atomic E-state index is -0.630. The maximum absolute atomic E-state index is 14.4. The molecule has 5 atom stereocenters. The third-order valence-electron chi connectivity index (χ3n) is 9.19. The van der Waals surface area contributed by atoms with Crippen LogP contribution in [-0.4, -0.2) is 85.3 Å². The van der Waals surface area contributed by atoms with Gasteiger partial charge in [-0.15, -0.1) is 24.9 Å². The Morgan fingerprint density at radius 2 is 1.76 bits per heavy atom. The number of benzene rings is 1. The van der Waals surface area contributed by atoms with Crippen LogP contribution in [0, 0.1) is 11.8 Å². The number of amides is 3. The fraction of sp³-hybridized carbons (Fsp3) is 0.606. The number of hydrogen-bond donors (Lipinski definition) is 1. The quantitative estimate of drug-likeness (QED) is 0.241. The monoisotopic (exact) mass is 581 g/mol. The van der Waals surface area contributed by atoms with Gasteiger partial charge in [0.25, 0.3) is 0 Å². The zero-order valence-electron chi connectivity index (χ0n) is 25.0. The fourth-order valence-electron chi connectivity index (χ4n) is 7.31. The lowest BCUT2D eigenvalue weighted by atomic mass is 9.66. The molecule has 2 bridgehead atoms. The number of hydrogen-bond acceptors (Lipinski definition) is 5. The molecule has 4 rings (SSSR count). The van der Waals surface area contributed by atoms with Crippen molar-refractivity contribution in [3.63, 3.8) is 0 Å². The lowest BCUT2D eigenvalue weighted by Gasteiger charge is -2.39. The van der Waals surface area contributed by atoms with Crippen molar-refractivity contribution >= 4 is 29.5 Å². The molecular weight excluding hydrogens is 534 g/mol. The molecular formula is C33H47N3O4S. The third kappa shape index (κ3) is 5.87. The number of fused-ring (bicyclic) bond motifs is 1. The first kappa shape index (κ1) is 31.4. The summed E-state index contributed by atoms with van der Waals surface area (Å²) in [7, 11) is 0. The van der Waals surface area contributed by atoms with E-state index in [0.29, 0.717) is 26.2 Å². The SMILES string of the molecule is C=CCN(Cc1ccccc1)C(=O)[C@@H]1[C@H]2C(=O)N(CCCCCCO)C(C(=O)N(CC=C)C(C)C)C23CC[C@@]1(C)S3. The van der Waals surface area contributed by atoms with Crippen LogP contribution < -0.4 is 0 Å². The molecule has 7 nitrogen and oxygen atoms in total. The summed E-state index contributed by atoms with van der Waals surface area (Å²) in [6, 6.07) is 9.27. The zero-order valence-corrected chi connectivity index (χ0v) is 25.8. The maximum atomic E-state index is 14.4. The van der Waals surface area contributed by atoms with E-state index in [2.05, 4.69) is 20.1 Å². The third-order valence-corrected chi connectivity index (χ3v) is 11.2. The molecule has 1 N–H and O–H groups in total. The van der Waals surface area contributed by atoms with Crippen LogP contribution in [0.15, 0.2) is 55.6 Å². The standard InChI is InChI=1S/C33H47N3O4S/c1-6-19-34(23-25-15-11-10-12-16-25)29(38)26-27-30(39)36(21-13-8-9-14-22-37)28(31(40)35(20-7-2)24(3)4)33(27)18-17-32(26,5)41-33/h6-7,10-12,15-16,24,26-28,37H,1-2,8-9,13-14,17-23H2,3-5H3/t26-,27-,28?,32+,33?/m0/s1. The summed E-state index contributed by atoms with van der Waals surface area (Å²) in [5.41, 5.74) is 1.03. The number of likely N-dealkylation sites (tertiary alicyclic amines) is 1. The molecule has 3 fully saturated rings. The molecule has 1 aromatic rings. The number of thioether (sulfide) groups is 1. The van der Waals surface area contributed by atoms with Crippen molar-refractivity contribution < 1.29 is 19.5 Å². The number of nitrogens with zero attached hydrogens (tertiary/aromatic N) is 3. The zero-order chi connectivity index (χ0) is 29.8.